The first kappa shape index (κ1) is 23.6. The average molecular weight is 563 g/mol. The molecule has 0 atom stereocenters. The Bertz CT molecular complexity index is 1280. The molecule has 0 saturated heterocycles. The van der Waals surface area contributed by atoms with Crippen LogP contribution in [0.3, 0.4) is 0 Å². The van der Waals surface area contributed by atoms with Crippen LogP contribution in [-0.2, 0) is 6.61 Å². The van der Waals surface area contributed by atoms with Crippen LogP contribution in [0.2, 0.25) is 10.0 Å². The van der Waals surface area contributed by atoms with Crippen molar-refractivity contribution < 1.29 is 9.47 Å². The second-order valence-corrected chi connectivity index (χ2v) is 9.47. The van der Waals surface area contributed by atoms with Gasteiger partial charge in [0, 0.05) is 31.0 Å². The van der Waals surface area contributed by atoms with E-state index in [0.717, 1.165) is 26.9 Å². The fraction of sp³-hybridized carbons (Fsp3) is 0.0833. The van der Waals surface area contributed by atoms with Crippen LogP contribution >= 0.6 is 50.5 Å². The smallest absolute Gasteiger partial charge is 0.203 e. The number of ether oxygens (including phenoxy) is 2. The average Bonchev–Trinajstić information content (AvgIpc) is 3.28. The molecule has 0 bridgehead atoms. The first-order chi connectivity index (χ1) is 16.0. The molecule has 4 aromatic rings. The number of rotatable bonds is 8. The van der Waals surface area contributed by atoms with Crippen LogP contribution in [-0.4, -0.2) is 18.3 Å². The summed E-state index contributed by atoms with van der Waals surface area (Å²) in [6.45, 7) is 0.298. The molecule has 3 aromatic carbocycles. The minimum Gasteiger partial charge on any atom is -0.493 e. The number of hydrogen-bond donors (Lipinski definition) is 1. The number of halogens is 3. The van der Waals surface area contributed by atoms with E-state index in [1.807, 2.05) is 53.9 Å². The quantitative estimate of drug-likeness (QED) is 0.175. The fourth-order valence-electron chi connectivity index (χ4n) is 2.92. The lowest BCUT2D eigenvalue weighted by molar-refractivity contribution is 0.284. The topological polar surface area (TPSA) is 55.7 Å². The van der Waals surface area contributed by atoms with Gasteiger partial charge in [0.05, 0.1) is 19.0 Å². The molecule has 9 heteroatoms. The summed E-state index contributed by atoms with van der Waals surface area (Å²) in [4.78, 5) is 4.57. The van der Waals surface area contributed by atoms with Crippen molar-refractivity contribution in [2.75, 3.05) is 12.5 Å². The van der Waals surface area contributed by atoms with E-state index in [1.165, 1.54) is 11.3 Å². The molecule has 0 radical (unpaired) electrons. The zero-order chi connectivity index (χ0) is 23.2. The summed E-state index contributed by atoms with van der Waals surface area (Å²) in [7, 11) is 1.59. The minimum absolute atomic E-state index is 0.298. The SMILES string of the molecule is COc1cc(/C=N\Nc2nc(-c3ccc(Br)cc3)cs2)ccc1OCc1ccc(Cl)cc1Cl. The number of nitrogens with zero attached hydrogens (tertiary/aromatic N) is 2. The number of benzene rings is 3. The van der Waals surface area contributed by atoms with Crippen molar-refractivity contribution in [1.29, 1.82) is 0 Å². The third-order valence-electron chi connectivity index (χ3n) is 4.60. The molecule has 0 aliphatic carbocycles. The van der Waals surface area contributed by atoms with E-state index in [0.29, 0.717) is 33.3 Å². The molecule has 0 saturated carbocycles. The van der Waals surface area contributed by atoms with Gasteiger partial charge in [0.1, 0.15) is 6.61 Å². The maximum absolute atomic E-state index is 6.22. The van der Waals surface area contributed by atoms with Crippen molar-refractivity contribution in [3.05, 3.63) is 91.7 Å². The van der Waals surface area contributed by atoms with E-state index in [2.05, 4.69) is 31.4 Å². The molecule has 1 aromatic heterocycles. The Morgan fingerprint density at radius 2 is 1.88 bits per heavy atom. The zero-order valence-corrected chi connectivity index (χ0v) is 21.3. The molecule has 0 aliphatic heterocycles. The molecule has 0 unspecified atom stereocenters. The molecule has 0 amide bonds. The Hall–Kier alpha value is -2.58. The molecule has 168 valence electrons. The Labute approximate surface area is 214 Å². The lowest BCUT2D eigenvalue weighted by Crippen LogP contribution is -1.99. The van der Waals surface area contributed by atoms with Gasteiger partial charge in [-0.25, -0.2) is 4.98 Å². The summed E-state index contributed by atoms with van der Waals surface area (Å²) in [6.07, 6.45) is 1.70. The molecule has 4 rings (SSSR count). The van der Waals surface area contributed by atoms with Gasteiger partial charge in [0.25, 0.3) is 0 Å². The van der Waals surface area contributed by atoms with Crippen molar-refractivity contribution in [3.63, 3.8) is 0 Å². The van der Waals surface area contributed by atoms with E-state index in [4.69, 9.17) is 32.7 Å². The number of hydrazone groups is 1. The fourth-order valence-corrected chi connectivity index (χ4v) is 4.31. The lowest BCUT2D eigenvalue weighted by Gasteiger charge is -2.12. The highest BCUT2D eigenvalue weighted by atomic mass is 79.9. The van der Waals surface area contributed by atoms with Gasteiger partial charge in [-0.1, -0.05) is 57.3 Å². The highest BCUT2D eigenvalue weighted by molar-refractivity contribution is 9.10. The number of methoxy groups -OCH3 is 1. The van der Waals surface area contributed by atoms with E-state index in [9.17, 15) is 0 Å². The third kappa shape index (κ3) is 6.26. The normalized spacial score (nSPS) is 11.0. The van der Waals surface area contributed by atoms with Crippen molar-refractivity contribution in [1.82, 2.24) is 4.98 Å². The number of thiazole rings is 1. The van der Waals surface area contributed by atoms with Gasteiger partial charge in [0.2, 0.25) is 5.13 Å². The minimum atomic E-state index is 0.298. The van der Waals surface area contributed by atoms with E-state index < -0.39 is 0 Å². The Morgan fingerprint density at radius 1 is 1.06 bits per heavy atom. The predicted octanol–water partition coefficient (Wildman–Crippen LogP) is 7.91. The summed E-state index contributed by atoms with van der Waals surface area (Å²) in [5.41, 5.74) is 6.60. The van der Waals surface area contributed by atoms with Gasteiger partial charge in [-0.15, -0.1) is 11.3 Å². The molecule has 33 heavy (non-hydrogen) atoms. The lowest BCUT2D eigenvalue weighted by atomic mass is 10.2. The molecule has 0 fully saturated rings. The number of anilines is 1. The van der Waals surface area contributed by atoms with Crippen LogP contribution < -0.4 is 14.9 Å². The van der Waals surface area contributed by atoms with Crippen LogP contribution in [0.5, 0.6) is 11.5 Å². The predicted molar refractivity (Wildman–Crippen MR) is 140 cm³/mol. The Morgan fingerprint density at radius 3 is 2.64 bits per heavy atom. The van der Waals surface area contributed by atoms with Gasteiger partial charge < -0.3 is 9.47 Å². The summed E-state index contributed by atoms with van der Waals surface area (Å²) in [5, 5.41) is 8.13. The third-order valence-corrected chi connectivity index (χ3v) is 6.47. The van der Waals surface area contributed by atoms with Crippen LogP contribution in [0.4, 0.5) is 5.13 Å². The van der Waals surface area contributed by atoms with E-state index >= 15 is 0 Å². The van der Waals surface area contributed by atoms with Crippen molar-refractivity contribution in [2.45, 2.75) is 6.61 Å². The zero-order valence-electron chi connectivity index (χ0n) is 17.4. The first-order valence-corrected chi connectivity index (χ1v) is 12.2. The van der Waals surface area contributed by atoms with Gasteiger partial charge in [-0.05, 0) is 48.0 Å². The molecular formula is C24H18BrCl2N3O2S. The van der Waals surface area contributed by atoms with E-state index in [1.54, 1.807) is 25.5 Å². The molecule has 0 aliphatic rings. The van der Waals surface area contributed by atoms with Crippen LogP contribution in [0, 0.1) is 0 Å². The van der Waals surface area contributed by atoms with Gasteiger partial charge >= 0.3 is 0 Å². The van der Waals surface area contributed by atoms with Crippen LogP contribution in [0.15, 0.2) is 75.6 Å². The van der Waals surface area contributed by atoms with Gasteiger partial charge in [-0.2, -0.15) is 5.10 Å². The second-order valence-electron chi connectivity index (χ2n) is 6.85. The second kappa shape index (κ2) is 11.0. The van der Waals surface area contributed by atoms with Gasteiger partial charge in [-0.3, -0.25) is 5.43 Å². The number of aromatic nitrogens is 1. The molecule has 1 N–H and O–H groups in total. The number of hydrogen-bond acceptors (Lipinski definition) is 6. The number of nitrogens with one attached hydrogen (secondary N) is 1. The van der Waals surface area contributed by atoms with Crippen molar-refractivity contribution >= 4 is 61.8 Å². The highest BCUT2D eigenvalue weighted by Crippen LogP contribution is 2.30. The van der Waals surface area contributed by atoms with Crippen LogP contribution in [0.1, 0.15) is 11.1 Å². The standard InChI is InChI=1S/C24H18BrCl2N3O2S/c1-31-23-10-15(2-9-22(23)32-13-17-5-8-19(26)11-20(17)27)12-28-30-24-29-21(14-33-24)16-3-6-18(25)7-4-16/h2-12,14H,13H2,1H3,(H,29,30)/b28-12-. The van der Waals surface area contributed by atoms with Crippen LogP contribution in [0.25, 0.3) is 11.3 Å². The molecule has 5 nitrogen and oxygen atoms in total. The largest absolute Gasteiger partial charge is 0.493 e. The Balaban J connectivity index is 1.39. The summed E-state index contributed by atoms with van der Waals surface area (Å²) >= 11 is 17.1. The van der Waals surface area contributed by atoms with E-state index in [-0.39, 0.29) is 0 Å². The summed E-state index contributed by atoms with van der Waals surface area (Å²) < 4.78 is 12.4. The van der Waals surface area contributed by atoms with Crippen molar-refractivity contribution in [3.8, 4) is 22.8 Å². The maximum atomic E-state index is 6.22. The molecule has 0 spiro atoms. The maximum Gasteiger partial charge on any atom is 0.203 e. The monoisotopic (exact) mass is 561 g/mol. The Kier molecular flexibility index (Phi) is 7.88. The first-order valence-electron chi connectivity index (χ1n) is 9.77. The molecular weight excluding hydrogens is 545 g/mol. The summed E-state index contributed by atoms with van der Waals surface area (Å²) in [5.74, 6) is 1.20. The van der Waals surface area contributed by atoms with Gasteiger partial charge in [0.15, 0.2) is 11.5 Å². The highest BCUT2D eigenvalue weighted by Gasteiger charge is 2.08. The summed E-state index contributed by atoms with van der Waals surface area (Å²) in [6, 6.07) is 18.9. The van der Waals surface area contributed by atoms with Crippen molar-refractivity contribution in [2.24, 2.45) is 5.10 Å². The molecule has 1 heterocycles.